The fourth-order valence-electron chi connectivity index (χ4n) is 2.01. The maximum atomic E-state index is 13.8. The molecule has 0 bridgehead atoms. The van der Waals surface area contributed by atoms with Gasteiger partial charge in [0.15, 0.2) is 5.60 Å². The van der Waals surface area contributed by atoms with E-state index in [4.69, 9.17) is 14.6 Å². The van der Waals surface area contributed by atoms with Gasteiger partial charge in [-0.1, -0.05) is 0 Å². The number of carboxylic acid groups (broad SMARTS) is 1. The first-order chi connectivity index (χ1) is 8.95. The van der Waals surface area contributed by atoms with Crippen LogP contribution in [0.2, 0.25) is 0 Å². The van der Waals surface area contributed by atoms with E-state index in [0.29, 0.717) is 0 Å². The molecule has 0 aliphatic carbocycles. The van der Waals surface area contributed by atoms with Crippen molar-refractivity contribution >= 4 is 12.1 Å². The van der Waals surface area contributed by atoms with E-state index in [-0.39, 0.29) is 13.0 Å². The first-order valence-corrected chi connectivity index (χ1v) is 6.09. The number of ether oxygens (including phenoxy) is 2. The van der Waals surface area contributed by atoms with Crippen LogP contribution in [0, 0.1) is 0 Å². The molecule has 0 aromatic rings. The Morgan fingerprint density at radius 1 is 1.30 bits per heavy atom. The fourth-order valence-corrected chi connectivity index (χ4v) is 2.01. The molecule has 1 amide bonds. The molecule has 0 spiro atoms. The van der Waals surface area contributed by atoms with Crippen LogP contribution in [0.15, 0.2) is 0 Å². The second-order valence-electron chi connectivity index (χ2n) is 5.73. The summed E-state index contributed by atoms with van der Waals surface area (Å²) in [6.45, 7) is 4.37. The Bertz CT molecular complexity index is 407. The lowest BCUT2D eigenvalue weighted by molar-refractivity contribution is -0.212. The third kappa shape index (κ3) is 3.00. The molecule has 1 atom stereocenters. The van der Waals surface area contributed by atoms with Gasteiger partial charge in [0.1, 0.15) is 5.60 Å². The zero-order valence-corrected chi connectivity index (χ0v) is 11.9. The quantitative estimate of drug-likeness (QED) is 0.858. The van der Waals surface area contributed by atoms with Crippen LogP contribution < -0.4 is 0 Å². The van der Waals surface area contributed by atoms with E-state index in [2.05, 4.69) is 0 Å². The van der Waals surface area contributed by atoms with Crippen LogP contribution in [-0.2, 0) is 14.3 Å². The average molecular weight is 295 g/mol. The van der Waals surface area contributed by atoms with Crippen LogP contribution in [0.3, 0.4) is 0 Å². The van der Waals surface area contributed by atoms with Crippen molar-refractivity contribution in [1.29, 1.82) is 0 Å². The number of methoxy groups -OCH3 is 1. The number of halogens is 2. The molecule has 116 valence electrons. The number of rotatable bonds is 3. The van der Waals surface area contributed by atoms with Gasteiger partial charge in [-0.25, -0.2) is 9.59 Å². The highest BCUT2D eigenvalue weighted by molar-refractivity contribution is 5.78. The zero-order chi connectivity index (χ0) is 15.8. The Morgan fingerprint density at radius 2 is 1.85 bits per heavy atom. The summed E-state index contributed by atoms with van der Waals surface area (Å²) in [5.74, 6) is -6.36. The lowest BCUT2D eigenvalue weighted by Crippen LogP contribution is -2.56. The minimum atomic E-state index is -4.08. The molecule has 1 rings (SSSR count). The zero-order valence-electron chi connectivity index (χ0n) is 11.9. The molecule has 0 saturated carbocycles. The molecule has 6 nitrogen and oxygen atoms in total. The van der Waals surface area contributed by atoms with E-state index in [1.807, 2.05) is 0 Å². The third-order valence-electron chi connectivity index (χ3n) is 3.12. The largest absolute Gasteiger partial charge is 0.477 e. The summed E-state index contributed by atoms with van der Waals surface area (Å²) in [4.78, 5) is 23.6. The molecular weight excluding hydrogens is 276 g/mol. The lowest BCUT2D eigenvalue weighted by atomic mass is 9.94. The third-order valence-corrected chi connectivity index (χ3v) is 3.12. The van der Waals surface area contributed by atoms with Crippen molar-refractivity contribution in [3.63, 3.8) is 0 Å². The van der Waals surface area contributed by atoms with Gasteiger partial charge in [0.05, 0.1) is 6.54 Å². The van der Waals surface area contributed by atoms with Crippen LogP contribution in [-0.4, -0.2) is 59.4 Å². The van der Waals surface area contributed by atoms with Gasteiger partial charge in [-0.15, -0.1) is 0 Å². The normalized spacial score (nSPS) is 23.8. The molecule has 1 fully saturated rings. The van der Waals surface area contributed by atoms with E-state index in [9.17, 15) is 18.4 Å². The summed E-state index contributed by atoms with van der Waals surface area (Å²) >= 11 is 0. The Balaban J connectivity index is 2.88. The minimum Gasteiger partial charge on any atom is -0.477 e. The Labute approximate surface area is 115 Å². The van der Waals surface area contributed by atoms with Crippen molar-refractivity contribution in [3.8, 4) is 0 Å². The van der Waals surface area contributed by atoms with Gasteiger partial charge in [0.2, 0.25) is 0 Å². The number of alkyl halides is 2. The van der Waals surface area contributed by atoms with Gasteiger partial charge in [0, 0.05) is 20.1 Å². The fraction of sp³-hybridized carbons (Fsp3) is 0.833. The number of carbonyl (C=O) groups excluding carboxylic acids is 1. The number of hydrogen-bond acceptors (Lipinski definition) is 4. The van der Waals surface area contributed by atoms with Crippen molar-refractivity contribution < 1.29 is 33.0 Å². The maximum absolute atomic E-state index is 13.8. The van der Waals surface area contributed by atoms with Gasteiger partial charge in [-0.2, -0.15) is 8.78 Å². The van der Waals surface area contributed by atoms with E-state index >= 15 is 0 Å². The van der Waals surface area contributed by atoms with Gasteiger partial charge in [0.25, 0.3) is 0 Å². The molecule has 0 aromatic heterocycles. The van der Waals surface area contributed by atoms with Crippen LogP contribution in [0.1, 0.15) is 27.2 Å². The topological polar surface area (TPSA) is 76.1 Å². The van der Waals surface area contributed by atoms with Crippen LogP contribution in [0.4, 0.5) is 13.6 Å². The molecule has 8 heteroatoms. The van der Waals surface area contributed by atoms with Gasteiger partial charge in [-0.3, -0.25) is 0 Å². The Morgan fingerprint density at radius 3 is 2.25 bits per heavy atom. The van der Waals surface area contributed by atoms with E-state index in [1.54, 1.807) is 20.8 Å². The number of nitrogens with zero attached hydrogens (tertiary/aromatic N) is 1. The number of carboxylic acids is 1. The Kier molecular flexibility index (Phi) is 4.28. The van der Waals surface area contributed by atoms with E-state index < -0.39 is 35.7 Å². The summed E-state index contributed by atoms with van der Waals surface area (Å²) in [5.41, 5.74) is -2.99. The van der Waals surface area contributed by atoms with E-state index in [0.717, 1.165) is 12.0 Å². The summed E-state index contributed by atoms with van der Waals surface area (Å²) in [6.07, 6.45) is -1.04. The van der Waals surface area contributed by atoms with E-state index in [1.165, 1.54) is 0 Å². The van der Waals surface area contributed by atoms with Crippen LogP contribution in [0.5, 0.6) is 0 Å². The lowest BCUT2D eigenvalue weighted by Gasteiger charge is -2.33. The maximum Gasteiger partial charge on any atom is 0.410 e. The standard InChI is InChI=1S/C12H19F2NO5/c1-10(2,3)20-9(18)15-6-5-11(7-15,19-4)12(13,14)8(16)17/h5-7H2,1-4H3,(H,16,17). The predicted molar refractivity (Wildman–Crippen MR) is 64.7 cm³/mol. The second kappa shape index (κ2) is 5.16. The predicted octanol–water partition coefficient (Wildman–Crippen LogP) is 1.73. The van der Waals surface area contributed by atoms with Crippen molar-refractivity contribution in [2.24, 2.45) is 0 Å². The number of carbonyl (C=O) groups is 2. The summed E-state index contributed by atoms with van der Waals surface area (Å²) in [6, 6.07) is 0. The van der Waals surface area contributed by atoms with Crippen molar-refractivity contribution in [2.75, 3.05) is 20.2 Å². The van der Waals surface area contributed by atoms with Crippen molar-refractivity contribution in [2.45, 2.75) is 44.3 Å². The number of hydrogen-bond donors (Lipinski definition) is 1. The summed E-state index contributed by atoms with van der Waals surface area (Å²) in [5, 5.41) is 8.64. The molecule has 0 radical (unpaired) electrons. The van der Waals surface area contributed by atoms with Gasteiger partial charge in [-0.05, 0) is 20.8 Å². The van der Waals surface area contributed by atoms with Crippen molar-refractivity contribution in [1.82, 2.24) is 4.90 Å². The molecular formula is C12H19F2NO5. The first kappa shape index (κ1) is 16.6. The highest BCUT2D eigenvalue weighted by atomic mass is 19.3. The second-order valence-corrected chi connectivity index (χ2v) is 5.73. The van der Waals surface area contributed by atoms with Gasteiger partial charge < -0.3 is 19.5 Å². The van der Waals surface area contributed by atoms with Crippen molar-refractivity contribution in [3.05, 3.63) is 0 Å². The number of amides is 1. The molecule has 1 aliphatic heterocycles. The SMILES string of the molecule is COC1(C(F)(F)C(=O)O)CCN(C(=O)OC(C)(C)C)C1. The minimum absolute atomic E-state index is 0.0500. The van der Waals surface area contributed by atoms with Crippen LogP contribution in [0.25, 0.3) is 0 Å². The molecule has 1 N–H and O–H groups in total. The highest BCUT2D eigenvalue weighted by Crippen LogP contribution is 2.40. The molecule has 1 heterocycles. The highest BCUT2D eigenvalue weighted by Gasteiger charge is 2.63. The molecule has 20 heavy (non-hydrogen) atoms. The van der Waals surface area contributed by atoms with Gasteiger partial charge >= 0.3 is 18.0 Å². The average Bonchev–Trinajstić information content (AvgIpc) is 2.72. The number of likely N-dealkylation sites (tertiary alicyclic amines) is 1. The first-order valence-electron chi connectivity index (χ1n) is 6.09. The summed E-state index contributed by atoms with van der Waals surface area (Å²) in [7, 11) is 1.01. The molecule has 1 saturated heterocycles. The Hall–Kier alpha value is -1.44. The molecule has 0 aromatic carbocycles. The monoisotopic (exact) mass is 295 g/mol. The smallest absolute Gasteiger partial charge is 0.410 e. The molecule has 1 unspecified atom stereocenters. The summed E-state index contributed by atoms with van der Waals surface area (Å²) < 4.78 is 37.4. The number of aliphatic carboxylic acids is 1. The molecule has 1 aliphatic rings. The van der Waals surface area contributed by atoms with Crippen LogP contribution >= 0.6 is 0 Å².